The van der Waals surface area contributed by atoms with Gasteiger partial charge in [-0.3, -0.25) is 0 Å². The number of quaternary nitrogens is 1. The zero-order chi connectivity index (χ0) is 23.4. The summed E-state index contributed by atoms with van der Waals surface area (Å²) in [5.74, 6) is 0.765. The number of unbranched alkanes of at least 4 members (excludes halogenated alkanes) is 1. The van der Waals surface area contributed by atoms with Crippen LogP contribution in [0.2, 0.25) is 0 Å². The monoisotopic (exact) mass is 498 g/mol. The first-order valence-corrected chi connectivity index (χ1v) is 14.0. The lowest BCUT2D eigenvalue weighted by Crippen LogP contribution is -2.65. The number of hydrogen-bond donors (Lipinski definition) is 1. The van der Waals surface area contributed by atoms with E-state index < -0.39 is 11.6 Å². The van der Waals surface area contributed by atoms with Gasteiger partial charge in [0.2, 0.25) is 5.60 Å². The van der Waals surface area contributed by atoms with Gasteiger partial charge in [-0.2, -0.15) is 22.7 Å². The number of ether oxygens (including phenoxy) is 2. The predicted octanol–water partition coefficient (Wildman–Crippen LogP) is 5.06. The topological polar surface area (TPSA) is 55.8 Å². The molecule has 5 nitrogen and oxygen atoms in total. The van der Waals surface area contributed by atoms with Crippen LogP contribution in [0, 0.1) is 5.92 Å². The average molecular weight is 499 g/mol. The molecule has 1 N–H and O–H groups in total. The number of nitrogens with zero attached hydrogens (tertiary/aromatic N) is 1. The molecule has 3 aliphatic rings. The molecule has 6 rings (SSSR count). The maximum atomic E-state index is 13.5. The van der Waals surface area contributed by atoms with E-state index in [1.54, 1.807) is 0 Å². The minimum atomic E-state index is -1.74. The van der Waals surface area contributed by atoms with Crippen molar-refractivity contribution in [2.75, 3.05) is 32.8 Å². The number of esters is 1. The summed E-state index contributed by atoms with van der Waals surface area (Å²) in [5, 5.41) is 19.0. The maximum absolute atomic E-state index is 13.5. The van der Waals surface area contributed by atoms with E-state index in [0.29, 0.717) is 17.0 Å². The van der Waals surface area contributed by atoms with Gasteiger partial charge in [0.05, 0.1) is 26.2 Å². The second-order valence-electron chi connectivity index (χ2n) is 9.58. The molecule has 2 aromatic heterocycles. The van der Waals surface area contributed by atoms with Crippen molar-refractivity contribution in [1.82, 2.24) is 0 Å². The van der Waals surface area contributed by atoms with E-state index >= 15 is 0 Å². The Hall–Kier alpha value is -2.19. The fourth-order valence-corrected chi connectivity index (χ4v) is 6.89. The molecular weight excluding hydrogens is 466 g/mol. The molecule has 3 aliphatic heterocycles. The Labute approximate surface area is 209 Å². The Morgan fingerprint density at radius 3 is 2.29 bits per heavy atom. The lowest BCUT2D eigenvalue weighted by atomic mass is 9.82. The van der Waals surface area contributed by atoms with Gasteiger partial charge in [0.15, 0.2) is 6.10 Å². The van der Waals surface area contributed by atoms with Gasteiger partial charge in [-0.25, -0.2) is 4.79 Å². The summed E-state index contributed by atoms with van der Waals surface area (Å²) in [6.07, 6.45) is 4.12. The highest BCUT2D eigenvalue weighted by Crippen LogP contribution is 2.39. The van der Waals surface area contributed by atoms with Gasteiger partial charge in [0.25, 0.3) is 0 Å². The van der Waals surface area contributed by atoms with E-state index in [-0.39, 0.29) is 6.10 Å². The van der Waals surface area contributed by atoms with Crippen molar-refractivity contribution < 1.29 is 23.9 Å². The van der Waals surface area contributed by atoms with Gasteiger partial charge in [-0.1, -0.05) is 18.2 Å². The number of fused-ring (bicyclic) bond motifs is 3. The van der Waals surface area contributed by atoms with Crippen LogP contribution >= 0.6 is 22.7 Å². The van der Waals surface area contributed by atoms with Gasteiger partial charge < -0.3 is 19.1 Å². The second-order valence-corrected chi connectivity index (χ2v) is 11.1. The number of carbonyl (C=O) groups is 1. The summed E-state index contributed by atoms with van der Waals surface area (Å²) in [7, 11) is 0. The lowest BCUT2D eigenvalue weighted by Gasteiger charge is -2.52. The Balaban J connectivity index is 1.20. The number of para-hydroxylation sites is 1. The minimum absolute atomic E-state index is 0.139. The van der Waals surface area contributed by atoms with Crippen molar-refractivity contribution in [2.24, 2.45) is 5.92 Å². The lowest BCUT2D eigenvalue weighted by molar-refractivity contribution is -0.946. The average Bonchev–Trinajstić information content (AvgIpc) is 3.60. The number of piperidine rings is 3. The Bertz CT molecular complexity index is 1010. The third kappa shape index (κ3) is 4.80. The zero-order valence-electron chi connectivity index (χ0n) is 19.3. The molecule has 0 unspecified atom stereocenters. The van der Waals surface area contributed by atoms with Crippen molar-refractivity contribution in [1.29, 1.82) is 0 Å². The molecule has 3 saturated heterocycles. The van der Waals surface area contributed by atoms with E-state index in [9.17, 15) is 9.90 Å². The maximum Gasteiger partial charge on any atom is 0.348 e. The van der Waals surface area contributed by atoms with Crippen molar-refractivity contribution in [3.8, 4) is 5.75 Å². The summed E-state index contributed by atoms with van der Waals surface area (Å²) in [4.78, 5) is 13.5. The Morgan fingerprint density at radius 1 is 1.00 bits per heavy atom. The third-order valence-electron chi connectivity index (χ3n) is 7.51. The SMILES string of the molecule is O=C(O[C@H]1C[N+]2(CCCCOc3ccccc3)CCC1CC2)C(O)(c1ccsc1)c1ccsc1. The van der Waals surface area contributed by atoms with Crippen LogP contribution < -0.4 is 4.74 Å². The van der Waals surface area contributed by atoms with Crippen molar-refractivity contribution in [3.05, 3.63) is 75.1 Å². The van der Waals surface area contributed by atoms with E-state index in [0.717, 1.165) is 68.7 Å². The highest BCUT2D eigenvalue weighted by Gasteiger charge is 2.50. The highest BCUT2D eigenvalue weighted by atomic mass is 32.1. The number of benzene rings is 1. The predicted molar refractivity (Wildman–Crippen MR) is 135 cm³/mol. The summed E-state index contributed by atoms with van der Waals surface area (Å²) < 4.78 is 13.0. The van der Waals surface area contributed by atoms with E-state index in [2.05, 4.69) is 0 Å². The molecule has 2 bridgehead atoms. The number of thiophene rings is 2. The Kier molecular flexibility index (Phi) is 7.06. The molecule has 0 radical (unpaired) electrons. The summed E-state index contributed by atoms with van der Waals surface area (Å²) in [6.45, 7) is 4.95. The molecule has 34 heavy (non-hydrogen) atoms. The largest absolute Gasteiger partial charge is 0.494 e. The van der Waals surface area contributed by atoms with Crippen LogP contribution in [0.3, 0.4) is 0 Å². The molecule has 1 atom stereocenters. The van der Waals surface area contributed by atoms with Crippen LogP contribution in [-0.4, -0.2) is 54.4 Å². The minimum Gasteiger partial charge on any atom is -0.494 e. The molecular formula is C27H32NO4S2+. The van der Waals surface area contributed by atoms with E-state index in [1.807, 2.05) is 64.0 Å². The molecule has 1 aromatic carbocycles. The van der Waals surface area contributed by atoms with Gasteiger partial charge in [0.1, 0.15) is 12.3 Å². The molecule has 3 aromatic rings. The first-order chi connectivity index (χ1) is 16.6. The van der Waals surface area contributed by atoms with Crippen molar-refractivity contribution in [3.63, 3.8) is 0 Å². The van der Waals surface area contributed by atoms with E-state index in [4.69, 9.17) is 9.47 Å². The molecule has 0 amide bonds. The number of aliphatic hydroxyl groups is 1. The molecule has 3 fully saturated rings. The molecule has 0 aliphatic carbocycles. The molecule has 7 heteroatoms. The fourth-order valence-electron chi connectivity index (χ4n) is 5.49. The normalized spacial score (nSPS) is 24.1. The van der Waals surface area contributed by atoms with Crippen LogP contribution in [0.4, 0.5) is 0 Å². The quantitative estimate of drug-likeness (QED) is 0.241. The van der Waals surface area contributed by atoms with Crippen LogP contribution in [0.1, 0.15) is 36.8 Å². The zero-order valence-corrected chi connectivity index (χ0v) is 20.9. The number of rotatable bonds is 10. The Morgan fingerprint density at radius 2 is 1.68 bits per heavy atom. The van der Waals surface area contributed by atoms with Crippen LogP contribution in [0.5, 0.6) is 5.75 Å². The molecule has 5 heterocycles. The number of hydrogen-bond acceptors (Lipinski definition) is 6. The second kappa shape index (κ2) is 10.2. The molecule has 0 spiro atoms. The highest BCUT2D eigenvalue weighted by molar-refractivity contribution is 7.08. The summed E-state index contributed by atoms with van der Waals surface area (Å²) in [5.41, 5.74) is -0.569. The first-order valence-electron chi connectivity index (χ1n) is 12.1. The molecule has 180 valence electrons. The van der Waals surface area contributed by atoms with Crippen LogP contribution in [0.25, 0.3) is 0 Å². The standard InChI is InChI=1S/C27H32NO4S2/c29-26(27(30,22-10-16-33-19-22)23-11-17-34-20-23)32-25-18-28(13-8-21(25)9-14-28)12-4-5-15-31-24-6-2-1-3-7-24/h1-3,6-7,10-11,16-17,19-21,25,30H,4-5,8-9,12-15,18H2/q+1/t21?,25-,28?/m0/s1. The number of carbonyl (C=O) groups excluding carboxylic acids is 1. The van der Waals surface area contributed by atoms with Gasteiger partial charge in [-0.15, -0.1) is 0 Å². The van der Waals surface area contributed by atoms with Crippen molar-refractivity contribution >= 4 is 28.6 Å². The van der Waals surface area contributed by atoms with Gasteiger partial charge >= 0.3 is 5.97 Å². The molecule has 0 saturated carbocycles. The van der Waals surface area contributed by atoms with Crippen LogP contribution in [-0.2, 0) is 15.1 Å². The van der Waals surface area contributed by atoms with Gasteiger partial charge in [-0.05, 0) is 58.6 Å². The smallest absolute Gasteiger partial charge is 0.348 e. The van der Waals surface area contributed by atoms with E-state index in [1.165, 1.54) is 22.7 Å². The fraction of sp³-hybridized carbons (Fsp3) is 0.444. The van der Waals surface area contributed by atoms with Gasteiger partial charge in [0, 0.05) is 29.9 Å². The third-order valence-corrected chi connectivity index (χ3v) is 8.88. The summed E-state index contributed by atoms with van der Waals surface area (Å²) in [6, 6.07) is 13.6. The first kappa shape index (κ1) is 23.5. The summed E-state index contributed by atoms with van der Waals surface area (Å²) >= 11 is 2.95. The van der Waals surface area contributed by atoms with Crippen LogP contribution in [0.15, 0.2) is 64.0 Å². The van der Waals surface area contributed by atoms with Crippen molar-refractivity contribution in [2.45, 2.75) is 37.4 Å².